The third-order valence-corrected chi connectivity index (χ3v) is 28.2. The van der Waals surface area contributed by atoms with Crippen molar-refractivity contribution >= 4 is 142 Å². The molecule has 0 saturated carbocycles. The third kappa shape index (κ3) is 13.6. The molecule has 0 aliphatic carbocycles. The maximum atomic E-state index is 2.46. The molecule has 138 heavy (non-hydrogen) atoms. The first-order valence-electron chi connectivity index (χ1n) is 47.6. The van der Waals surface area contributed by atoms with Crippen molar-refractivity contribution in [3.05, 3.63) is 521 Å². The highest BCUT2D eigenvalue weighted by Crippen LogP contribution is 2.48. The van der Waals surface area contributed by atoms with Gasteiger partial charge < -0.3 is 27.4 Å². The Labute approximate surface area is 798 Å². The Bertz CT molecular complexity index is 9560. The van der Waals surface area contributed by atoms with Crippen molar-refractivity contribution in [3.63, 3.8) is 0 Å². The molecule has 0 unspecified atom stereocenters. The second-order valence-corrected chi connectivity index (χ2v) is 36.3. The van der Waals surface area contributed by atoms with E-state index in [0.717, 1.165) is 11.4 Å². The van der Waals surface area contributed by atoms with E-state index in [1.807, 2.05) is 0 Å². The smallest absolute Gasteiger partial charge is 0.0547 e. The number of benzene rings is 22. The zero-order valence-corrected chi connectivity index (χ0v) is 76.2. The second kappa shape index (κ2) is 33.6. The molecule has 0 N–H and O–H groups in total. The number of nitrogens with zero attached hydrogens (tertiary/aromatic N) is 6. The van der Waals surface area contributed by atoms with Crippen LogP contribution in [0.15, 0.2) is 510 Å². The Kier molecular flexibility index (Phi) is 19.6. The van der Waals surface area contributed by atoms with Gasteiger partial charge in [0.25, 0.3) is 0 Å². The molecule has 28 rings (SSSR count). The lowest BCUT2D eigenvalue weighted by Crippen LogP contribution is -1.96. The molecule has 0 amide bonds. The van der Waals surface area contributed by atoms with Crippen LogP contribution in [0, 0.1) is 13.8 Å². The summed E-state index contributed by atoms with van der Waals surface area (Å²) in [6.45, 7) is 4.36. The zero-order valence-electron chi connectivity index (χ0n) is 76.2. The Hall–Kier alpha value is -18.1. The van der Waals surface area contributed by atoms with E-state index in [1.165, 1.54) is 242 Å². The minimum atomic E-state index is 1.15. The Morgan fingerprint density at radius 2 is 0.391 bits per heavy atom. The van der Waals surface area contributed by atoms with Crippen molar-refractivity contribution in [1.82, 2.24) is 27.4 Å². The summed E-state index contributed by atoms with van der Waals surface area (Å²) in [5.74, 6) is 0. The average Bonchev–Trinajstić information content (AvgIpc) is 1.57. The van der Waals surface area contributed by atoms with Crippen LogP contribution in [0.2, 0.25) is 0 Å². The molecule has 0 saturated heterocycles. The van der Waals surface area contributed by atoms with Gasteiger partial charge in [-0.15, -0.1) is 0 Å². The molecule has 6 heterocycles. The van der Waals surface area contributed by atoms with Gasteiger partial charge in [0, 0.05) is 98.5 Å². The minimum absolute atomic E-state index is 1.15. The van der Waals surface area contributed by atoms with Gasteiger partial charge in [0.15, 0.2) is 0 Å². The Morgan fingerprint density at radius 1 is 0.130 bits per heavy atom. The van der Waals surface area contributed by atoms with E-state index in [-0.39, 0.29) is 0 Å². The number of aryl methyl sites for hydroxylation is 2. The van der Waals surface area contributed by atoms with E-state index in [1.54, 1.807) is 0 Å². The van der Waals surface area contributed by atoms with Gasteiger partial charge >= 0.3 is 0 Å². The Morgan fingerprint density at radius 3 is 0.790 bits per heavy atom. The SMILES string of the molecule is Cc1cc(C)cc(-n2c3ccccc3c3ccc(-c4cccc5c4c4ccccc4n5-c4ccccc4)cc32)c1.c1ccc(-c2cc(-c3ccccc3)cc(-n3c4ccccc4c4ccc(-c5cccc6c5c5ccccc5n6-c5ccccc5)cc43)c2)cc1.c1ccc(-c2ccc(-n3c4ccccc4c4c(-c5ccc6c7ccccc7n(-c7cccc8ccccc78)c6c5)cccc43)cc2)cc1. The van der Waals surface area contributed by atoms with Crippen LogP contribution in [-0.4, -0.2) is 27.4 Å². The van der Waals surface area contributed by atoms with Gasteiger partial charge in [-0.05, 0) is 243 Å². The standard InChI is InChI=1S/C48H32N2.C46H30N2.C38H28N2/c1-4-15-33(16-5-1)36-29-37(34-17-6-2-7-18-34)31-39(30-36)50-44-24-12-10-21-41(44)42-28-27-35(32-47(42)50)40-23-14-26-46-48(40)43-22-11-13-25-45(43)49(46)38-19-8-3-9-20-38;1-2-12-31(13-3-1)32-24-27-35(28-25-32)47-43-21-9-7-18-40(43)46-37(19-11-23-44(46)47)34-26-29-39-38-17-6-8-20-42(38)48(45(39)30-34)41-22-10-15-33-14-4-5-16-36(33)41;1-25-21-26(2)23-29(22-25)40-34-16-8-6-13-31(34)32-20-19-27(24-37(32)40)30-15-10-18-36-38(30)33-14-7-9-17-35(33)39(36)28-11-4-3-5-12-28/h1-32H;1-30H;3-24H,1-2H3. The summed E-state index contributed by atoms with van der Waals surface area (Å²) in [6.07, 6.45) is 0. The predicted octanol–water partition coefficient (Wildman–Crippen LogP) is 35.4. The molecule has 0 aliphatic rings. The first-order chi connectivity index (χ1) is 68.3. The van der Waals surface area contributed by atoms with Crippen LogP contribution in [0.25, 0.3) is 242 Å². The minimum Gasteiger partial charge on any atom is -0.309 e. The zero-order chi connectivity index (χ0) is 91.4. The lowest BCUT2D eigenvalue weighted by molar-refractivity contribution is 1.16. The quantitative estimate of drug-likeness (QED) is 0.117. The maximum Gasteiger partial charge on any atom is 0.0547 e. The molecule has 648 valence electrons. The van der Waals surface area contributed by atoms with Gasteiger partial charge in [0.1, 0.15) is 0 Å². The van der Waals surface area contributed by atoms with Gasteiger partial charge in [0.05, 0.1) is 71.9 Å². The van der Waals surface area contributed by atoms with E-state index in [0.29, 0.717) is 0 Å². The summed E-state index contributed by atoms with van der Waals surface area (Å²) in [5, 5.41) is 17.7. The van der Waals surface area contributed by atoms with Gasteiger partial charge in [-0.1, -0.05) is 364 Å². The van der Waals surface area contributed by atoms with Crippen molar-refractivity contribution in [2.24, 2.45) is 0 Å². The maximum absolute atomic E-state index is 2.46. The van der Waals surface area contributed by atoms with E-state index in [2.05, 4.69) is 551 Å². The van der Waals surface area contributed by atoms with Crippen LogP contribution in [0.3, 0.4) is 0 Å². The summed E-state index contributed by atoms with van der Waals surface area (Å²) in [4.78, 5) is 0. The van der Waals surface area contributed by atoms with Crippen LogP contribution in [0.4, 0.5) is 0 Å². The molecular formula is C132H90N6. The Balaban J connectivity index is 0.000000108. The molecule has 6 aromatic heterocycles. The van der Waals surface area contributed by atoms with Crippen LogP contribution in [0.1, 0.15) is 11.1 Å². The molecule has 0 aliphatic heterocycles. The van der Waals surface area contributed by atoms with Crippen molar-refractivity contribution in [1.29, 1.82) is 0 Å². The fourth-order valence-electron chi connectivity index (χ4n) is 22.2. The number of rotatable bonds is 12. The highest BCUT2D eigenvalue weighted by Gasteiger charge is 2.25. The van der Waals surface area contributed by atoms with E-state index >= 15 is 0 Å². The average molecular weight is 1760 g/mol. The topological polar surface area (TPSA) is 29.6 Å². The van der Waals surface area contributed by atoms with Gasteiger partial charge in [0.2, 0.25) is 0 Å². The van der Waals surface area contributed by atoms with Crippen molar-refractivity contribution in [2.45, 2.75) is 13.8 Å². The molecule has 0 spiro atoms. The number of hydrogen-bond donors (Lipinski definition) is 0. The fourth-order valence-corrected chi connectivity index (χ4v) is 22.2. The number of para-hydroxylation sites is 8. The molecule has 0 bridgehead atoms. The first kappa shape index (κ1) is 80.7. The number of hydrogen-bond acceptors (Lipinski definition) is 0. The second-order valence-electron chi connectivity index (χ2n) is 36.3. The van der Waals surface area contributed by atoms with Crippen LogP contribution >= 0.6 is 0 Å². The first-order valence-corrected chi connectivity index (χ1v) is 47.6. The van der Waals surface area contributed by atoms with E-state index in [9.17, 15) is 0 Å². The molecular weight excluding hydrogens is 1670 g/mol. The molecule has 0 atom stereocenters. The summed E-state index contributed by atoms with van der Waals surface area (Å²) in [6, 6.07) is 185. The molecule has 0 radical (unpaired) electrons. The summed E-state index contributed by atoms with van der Waals surface area (Å²) in [5.41, 5.74) is 38.8. The van der Waals surface area contributed by atoms with Crippen molar-refractivity contribution in [2.75, 3.05) is 0 Å². The summed E-state index contributed by atoms with van der Waals surface area (Å²) < 4.78 is 14.5. The van der Waals surface area contributed by atoms with Crippen LogP contribution < -0.4 is 0 Å². The highest BCUT2D eigenvalue weighted by molar-refractivity contribution is 6.21. The number of aromatic nitrogens is 6. The van der Waals surface area contributed by atoms with Crippen LogP contribution in [-0.2, 0) is 0 Å². The van der Waals surface area contributed by atoms with Crippen LogP contribution in [0.5, 0.6) is 0 Å². The number of fused-ring (bicyclic) bond motifs is 19. The van der Waals surface area contributed by atoms with E-state index in [4.69, 9.17) is 0 Å². The van der Waals surface area contributed by atoms with Crippen molar-refractivity contribution in [3.8, 4) is 101 Å². The molecule has 0 fully saturated rings. The highest BCUT2D eigenvalue weighted by atomic mass is 15.0. The van der Waals surface area contributed by atoms with E-state index < -0.39 is 0 Å². The van der Waals surface area contributed by atoms with Crippen molar-refractivity contribution < 1.29 is 0 Å². The third-order valence-electron chi connectivity index (χ3n) is 28.2. The lowest BCUT2D eigenvalue weighted by atomic mass is 9.97. The summed E-state index contributed by atoms with van der Waals surface area (Å²) in [7, 11) is 0. The summed E-state index contributed by atoms with van der Waals surface area (Å²) >= 11 is 0. The lowest BCUT2D eigenvalue weighted by Gasteiger charge is -2.14. The molecule has 6 heteroatoms. The molecule has 6 nitrogen and oxygen atoms in total. The van der Waals surface area contributed by atoms with Gasteiger partial charge in [-0.2, -0.15) is 0 Å². The normalized spacial score (nSPS) is 11.7. The molecule has 22 aromatic carbocycles. The fraction of sp³-hybridized carbons (Fsp3) is 0.0152. The predicted molar refractivity (Wildman–Crippen MR) is 585 cm³/mol. The molecule has 28 aromatic rings. The van der Waals surface area contributed by atoms with Gasteiger partial charge in [-0.25, -0.2) is 0 Å². The monoisotopic (exact) mass is 1760 g/mol. The van der Waals surface area contributed by atoms with Gasteiger partial charge in [-0.3, -0.25) is 0 Å². The largest absolute Gasteiger partial charge is 0.309 e.